The van der Waals surface area contributed by atoms with E-state index < -0.39 is 0 Å². The van der Waals surface area contributed by atoms with Gasteiger partial charge in [-0.2, -0.15) is 0 Å². The van der Waals surface area contributed by atoms with Crippen LogP contribution in [0, 0.1) is 27.7 Å². The van der Waals surface area contributed by atoms with Crippen LogP contribution in [0.2, 0.25) is 0 Å². The lowest BCUT2D eigenvalue weighted by Crippen LogP contribution is -2.10. The highest BCUT2D eigenvalue weighted by Crippen LogP contribution is 2.43. The molecule has 4 nitrogen and oxygen atoms in total. The van der Waals surface area contributed by atoms with Crippen LogP contribution < -0.4 is 9.80 Å². The predicted octanol–water partition coefficient (Wildman–Crippen LogP) is 19.4. The lowest BCUT2D eigenvalue weighted by Gasteiger charge is -2.26. The van der Waals surface area contributed by atoms with Crippen molar-refractivity contribution >= 4 is 77.5 Å². The maximum absolute atomic E-state index is 2.47. The van der Waals surface area contributed by atoms with Crippen LogP contribution in [0.15, 0.2) is 255 Å². The Labute approximate surface area is 432 Å². The summed E-state index contributed by atoms with van der Waals surface area (Å²) in [7, 11) is 0. The van der Waals surface area contributed by atoms with E-state index in [0.29, 0.717) is 0 Å². The van der Waals surface area contributed by atoms with Crippen LogP contribution in [0.5, 0.6) is 0 Å². The lowest BCUT2D eigenvalue weighted by atomic mass is 10.0. The minimum Gasteiger partial charge on any atom is -0.311 e. The van der Waals surface area contributed by atoms with Crippen molar-refractivity contribution in [2.45, 2.75) is 27.7 Å². The van der Waals surface area contributed by atoms with Gasteiger partial charge in [0.2, 0.25) is 0 Å². The van der Waals surface area contributed by atoms with E-state index in [2.05, 4.69) is 301 Å². The highest BCUT2D eigenvalue weighted by molar-refractivity contribution is 6.07. The molecule has 2 heterocycles. The fourth-order valence-electron chi connectivity index (χ4n) is 10.9. The van der Waals surface area contributed by atoms with E-state index in [1.807, 2.05) is 0 Å². The Kier molecular flexibility index (Phi) is 11.0. The third kappa shape index (κ3) is 7.98. The summed E-state index contributed by atoms with van der Waals surface area (Å²) in [5.74, 6) is 0. The fraction of sp³-hybridized carbons (Fsp3) is 0.0571. The second kappa shape index (κ2) is 18.3. The Morgan fingerprint density at radius 1 is 0.257 bits per heavy atom. The molecule has 0 saturated heterocycles. The monoisotopic (exact) mass is 950 g/mol. The van der Waals surface area contributed by atoms with Gasteiger partial charge in [-0.25, -0.2) is 0 Å². The molecule has 0 amide bonds. The van der Waals surface area contributed by atoms with E-state index in [-0.39, 0.29) is 0 Å². The molecule has 2 aromatic heterocycles. The van der Waals surface area contributed by atoms with Gasteiger partial charge in [-0.15, -0.1) is 0 Å². The molecule has 0 N–H and O–H groups in total. The van der Waals surface area contributed by atoms with Crippen LogP contribution in [0.3, 0.4) is 0 Å². The molecule has 354 valence electrons. The van der Waals surface area contributed by atoms with Crippen LogP contribution in [-0.4, -0.2) is 9.13 Å². The van der Waals surface area contributed by atoms with Crippen molar-refractivity contribution in [3.8, 4) is 33.9 Å². The van der Waals surface area contributed by atoms with Crippen LogP contribution in [0.1, 0.15) is 22.3 Å². The second-order valence-electron chi connectivity index (χ2n) is 19.8. The normalized spacial score (nSPS) is 11.5. The SMILES string of the molecule is Cc1ccc(N(c2ccc(C)cc2)c2ccc(-n3c(-c4cccc5ccccc45)cc4cc5c(cc(-c6cccc7ccccc67)n5-c5ccc(N(c6ccc(C)cc6)c6ccc(C)cc6)cc5)cc43)cc2)cc1. The average Bonchev–Trinajstić information content (AvgIpc) is 4.01. The first-order chi connectivity index (χ1) is 36.3. The van der Waals surface area contributed by atoms with Gasteiger partial charge >= 0.3 is 0 Å². The molecule has 0 aliphatic carbocycles. The predicted molar refractivity (Wildman–Crippen MR) is 314 cm³/mol. The van der Waals surface area contributed by atoms with Gasteiger partial charge in [0.05, 0.1) is 22.4 Å². The molecule has 0 fully saturated rings. The molecule has 0 saturated carbocycles. The van der Waals surface area contributed by atoms with E-state index in [1.165, 1.54) is 54.9 Å². The third-order valence-corrected chi connectivity index (χ3v) is 14.8. The molecule has 0 aliphatic rings. The number of aromatic nitrogens is 2. The van der Waals surface area contributed by atoms with Crippen molar-refractivity contribution in [2.24, 2.45) is 0 Å². The van der Waals surface area contributed by atoms with E-state index >= 15 is 0 Å². The minimum absolute atomic E-state index is 1.09. The van der Waals surface area contributed by atoms with Crippen LogP contribution in [0.25, 0.3) is 77.2 Å². The van der Waals surface area contributed by atoms with Crippen molar-refractivity contribution in [1.82, 2.24) is 9.13 Å². The zero-order chi connectivity index (χ0) is 49.9. The summed E-state index contributed by atoms with van der Waals surface area (Å²) in [6.45, 7) is 8.56. The van der Waals surface area contributed by atoms with Crippen LogP contribution >= 0.6 is 0 Å². The van der Waals surface area contributed by atoms with Gasteiger partial charge < -0.3 is 18.9 Å². The number of benzene rings is 11. The summed E-state index contributed by atoms with van der Waals surface area (Å²) < 4.78 is 4.94. The summed E-state index contributed by atoms with van der Waals surface area (Å²) in [5, 5.41) is 7.20. The largest absolute Gasteiger partial charge is 0.311 e. The molecule has 0 radical (unpaired) electrons. The highest BCUT2D eigenvalue weighted by atomic mass is 15.1. The fourth-order valence-corrected chi connectivity index (χ4v) is 10.9. The van der Waals surface area contributed by atoms with E-state index in [0.717, 1.165) is 78.7 Å². The molecule has 0 atom stereocenters. The molecule has 0 bridgehead atoms. The number of hydrogen-bond acceptors (Lipinski definition) is 2. The number of anilines is 6. The average molecular weight is 951 g/mol. The smallest absolute Gasteiger partial charge is 0.0547 e. The van der Waals surface area contributed by atoms with Crippen molar-refractivity contribution in [3.05, 3.63) is 277 Å². The molecule has 4 heteroatoms. The number of fused-ring (bicyclic) bond motifs is 4. The number of rotatable bonds is 10. The Morgan fingerprint density at radius 2 is 0.541 bits per heavy atom. The summed E-state index contributed by atoms with van der Waals surface area (Å²) in [4.78, 5) is 4.69. The van der Waals surface area contributed by atoms with Crippen molar-refractivity contribution in [2.75, 3.05) is 9.80 Å². The molecule has 13 rings (SSSR count). The van der Waals surface area contributed by atoms with Crippen LogP contribution in [0.4, 0.5) is 34.1 Å². The maximum atomic E-state index is 2.47. The Hall–Kier alpha value is -9.38. The molecule has 0 unspecified atom stereocenters. The Balaban J connectivity index is 1.01. The summed E-state index contributed by atoms with van der Waals surface area (Å²) in [6, 6.07) is 93.9. The van der Waals surface area contributed by atoms with Gasteiger partial charge in [0.25, 0.3) is 0 Å². The molecule has 74 heavy (non-hydrogen) atoms. The molecule has 0 aliphatic heterocycles. The zero-order valence-electron chi connectivity index (χ0n) is 42.0. The van der Waals surface area contributed by atoms with Gasteiger partial charge in [0.15, 0.2) is 0 Å². The summed E-state index contributed by atoms with van der Waals surface area (Å²) in [5.41, 5.74) is 20.7. The maximum Gasteiger partial charge on any atom is 0.0547 e. The van der Waals surface area contributed by atoms with Gasteiger partial charge in [0.1, 0.15) is 0 Å². The van der Waals surface area contributed by atoms with Crippen molar-refractivity contribution in [3.63, 3.8) is 0 Å². The first kappa shape index (κ1) is 44.6. The first-order valence-electron chi connectivity index (χ1n) is 25.6. The zero-order valence-corrected chi connectivity index (χ0v) is 42.0. The van der Waals surface area contributed by atoms with E-state index in [4.69, 9.17) is 0 Å². The topological polar surface area (TPSA) is 16.3 Å². The van der Waals surface area contributed by atoms with Gasteiger partial charge in [0, 0.05) is 67.4 Å². The second-order valence-corrected chi connectivity index (χ2v) is 19.8. The quantitative estimate of drug-likeness (QED) is 0.136. The van der Waals surface area contributed by atoms with E-state index in [9.17, 15) is 0 Å². The molecule has 13 aromatic rings. The van der Waals surface area contributed by atoms with Crippen LogP contribution in [-0.2, 0) is 0 Å². The minimum atomic E-state index is 1.09. The van der Waals surface area contributed by atoms with Gasteiger partial charge in [-0.05, 0) is 171 Å². The molecule has 11 aromatic carbocycles. The highest BCUT2D eigenvalue weighted by Gasteiger charge is 2.22. The Bertz CT molecular complexity index is 3800. The standard InChI is InChI=1S/C70H54N4/c1-47-19-27-55(28-20-47)71(56-29-21-48(2)22-30-56)59-35-39-61(40-36-59)73-67-43-54-46-70(66-18-10-14-52-12-6-8-16-64(52)66)74(68(54)44-53(67)45-69(73)65-17-9-13-51-11-5-7-15-63(51)65)62-41-37-60(38-42-62)72(57-31-23-49(3)24-32-57)58-33-25-50(4)26-34-58/h5-46H,1-4H3. The summed E-state index contributed by atoms with van der Waals surface area (Å²) >= 11 is 0. The first-order valence-corrected chi connectivity index (χ1v) is 25.6. The number of nitrogens with zero attached hydrogens (tertiary/aromatic N) is 4. The number of aryl methyl sites for hydroxylation is 4. The van der Waals surface area contributed by atoms with Crippen molar-refractivity contribution in [1.29, 1.82) is 0 Å². The molecular formula is C70H54N4. The van der Waals surface area contributed by atoms with Gasteiger partial charge in [-0.3, -0.25) is 0 Å². The Morgan fingerprint density at radius 3 is 0.865 bits per heavy atom. The molecule has 0 spiro atoms. The molecular weight excluding hydrogens is 897 g/mol. The van der Waals surface area contributed by atoms with Crippen molar-refractivity contribution < 1.29 is 0 Å². The lowest BCUT2D eigenvalue weighted by molar-refractivity contribution is 1.13. The van der Waals surface area contributed by atoms with E-state index in [1.54, 1.807) is 0 Å². The van der Waals surface area contributed by atoms with Gasteiger partial charge in [-0.1, -0.05) is 156 Å². The third-order valence-electron chi connectivity index (χ3n) is 14.8. The summed E-state index contributed by atoms with van der Waals surface area (Å²) in [6.07, 6.45) is 0. The number of hydrogen-bond donors (Lipinski definition) is 0.